The molecule has 0 spiro atoms. The minimum Gasteiger partial charge on any atom is -0.398 e. The molecule has 10 aromatic rings. The number of hydrogen-bond donors (Lipinski definition) is 1. The van der Waals surface area contributed by atoms with Gasteiger partial charge in [-0.05, 0) is 119 Å². The van der Waals surface area contributed by atoms with Crippen molar-refractivity contribution in [1.29, 1.82) is 0 Å². The molecule has 11 rings (SSSR count). The van der Waals surface area contributed by atoms with E-state index < -0.39 is 0 Å². The fourth-order valence-electron chi connectivity index (χ4n) is 8.69. The summed E-state index contributed by atoms with van der Waals surface area (Å²) < 4.78 is 2.33. The Morgan fingerprint density at radius 2 is 1.13 bits per heavy atom. The summed E-state index contributed by atoms with van der Waals surface area (Å²) in [6, 6.07) is 61.4. The maximum atomic E-state index is 6.40. The SMILES string of the molecule is Nc1ccccc1/C=C1\Cc2ccc(-c3cccc(-c4cc5c6ccccc6c6ccccc6c5c5ccccc45)c3)cc2-n2c1nc1ccccc12. The van der Waals surface area contributed by atoms with Gasteiger partial charge in [-0.1, -0.05) is 133 Å². The van der Waals surface area contributed by atoms with E-state index in [4.69, 9.17) is 10.7 Å². The van der Waals surface area contributed by atoms with Crippen molar-refractivity contribution in [2.75, 3.05) is 5.73 Å². The van der Waals surface area contributed by atoms with Crippen LogP contribution >= 0.6 is 0 Å². The topological polar surface area (TPSA) is 43.8 Å². The molecule has 2 heterocycles. The third-order valence-electron chi connectivity index (χ3n) is 11.1. The number of nitrogen functional groups attached to an aromatic ring is 1. The van der Waals surface area contributed by atoms with Crippen molar-refractivity contribution >= 4 is 71.5 Å². The number of nitrogens with zero attached hydrogens (tertiary/aromatic N) is 2. The highest BCUT2D eigenvalue weighted by Gasteiger charge is 2.25. The summed E-state index contributed by atoms with van der Waals surface area (Å²) in [5.41, 5.74) is 18.7. The molecule has 1 aromatic heterocycles. The van der Waals surface area contributed by atoms with Gasteiger partial charge >= 0.3 is 0 Å². The second-order valence-electron chi connectivity index (χ2n) is 14.1. The zero-order valence-corrected chi connectivity index (χ0v) is 28.9. The quantitative estimate of drug-likeness (QED) is 0.150. The number of imidazole rings is 1. The molecule has 3 nitrogen and oxygen atoms in total. The highest BCUT2D eigenvalue weighted by Crippen LogP contribution is 2.44. The summed E-state index contributed by atoms with van der Waals surface area (Å²) in [5, 5.41) is 10.3. The van der Waals surface area contributed by atoms with Crippen LogP contribution in [0.5, 0.6) is 0 Å². The van der Waals surface area contributed by atoms with Gasteiger partial charge in [0.25, 0.3) is 0 Å². The van der Waals surface area contributed by atoms with E-state index in [0.29, 0.717) is 0 Å². The molecule has 0 radical (unpaired) electrons. The van der Waals surface area contributed by atoms with Gasteiger partial charge in [0.05, 0.1) is 16.7 Å². The fraction of sp³-hybridized carbons (Fsp3) is 0.0200. The van der Waals surface area contributed by atoms with E-state index in [2.05, 4.69) is 162 Å². The average Bonchev–Trinajstić information content (AvgIpc) is 3.62. The normalized spacial score (nSPS) is 13.3. The number of aromatic nitrogens is 2. The lowest BCUT2D eigenvalue weighted by atomic mass is 9.87. The molecule has 2 N–H and O–H groups in total. The number of fused-ring (bicyclic) bond motifs is 13. The minimum absolute atomic E-state index is 0.768. The maximum absolute atomic E-state index is 6.40. The number of benzene rings is 9. The molecule has 0 unspecified atom stereocenters. The Labute approximate surface area is 306 Å². The lowest BCUT2D eigenvalue weighted by Crippen LogP contribution is -2.12. The Kier molecular flexibility index (Phi) is 6.47. The molecule has 3 heteroatoms. The van der Waals surface area contributed by atoms with Crippen LogP contribution in [0.1, 0.15) is 17.0 Å². The molecule has 9 aromatic carbocycles. The number of hydrogen-bond acceptors (Lipinski definition) is 2. The molecular weight excluding hydrogens is 643 g/mol. The summed E-state index contributed by atoms with van der Waals surface area (Å²) in [6.07, 6.45) is 2.98. The van der Waals surface area contributed by atoms with Crippen LogP contribution in [0.3, 0.4) is 0 Å². The van der Waals surface area contributed by atoms with Gasteiger partial charge in [0, 0.05) is 17.7 Å². The third-order valence-corrected chi connectivity index (χ3v) is 11.1. The monoisotopic (exact) mass is 675 g/mol. The van der Waals surface area contributed by atoms with Crippen LogP contribution in [0.25, 0.3) is 93.7 Å². The van der Waals surface area contributed by atoms with Crippen molar-refractivity contribution in [3.63, 3.8) is 0 Å². The lowest BCUT2D eigenvalue weighted by molar-refractivity contribution is 0.978. The van der Waals surface area contributed by atoms with E-state index >= 15 is 0 Å². The predicted octanol–water partition coefficient (Wildman–Crippen LogP) is 12.7. The minimum atomic E-state index is 0.768. The Hall–Kier alpha value is -6.97. The van der Waals surface area contributed by atoms with Gasteiger partial charge in [-0.2, -0.15) is 0 Å². The Morgan fingerprint density at radius 3 is 1.94 bits per heavy atom. The molecule has 0 bridgehead atoms. The number of anilines is 1. The summed E-state index contributed by atoms with van der Waals surface area (Å²) in [4.78, 5) is 5.16. The Bertz CT molecular complexity index is 3160. The molecule has 0 saturated carbocycles. The highest BCUT2D eigenvalue weighted by atomic mass is 15.1. The molecule has 53 heavy (non-hydrogen) atoms. The number of nitrogens with two attached hydrogens (primary N) is 1. The van der Waals surface area contributed by atoms with E-state index in [-0.39, 0.29) is 0 Å². The molecular formula is C50H33N3. The smallest absolute Gasteiger partial charge is 0.142 e. The average molecular weight is 676 g/mol. The van der Waals surface area contributed by atoms with Crippen molar-refractivity contribution in [1.82, 2.24) is 9.55 Å². The summed E-state index contributed by atoms with van der Waals surface area (Å²) in [5.74, 6) is 0.968. The van der Waals surface area contributed by atoms with Crippen LogP contribution in [-0.4, -0.2) is 9.55 Å². The van der Waals surface area contributed by atoms with Crippen LogP contribution in [0.4, 0.5) is 5.69 Å². The molecule has 0 saturated heterocycles. The second-order valence-corrected chi connectivity index (χ2v) is 14.1. The van der Waals surface area contributed by atoms with Crippen LogP contribution in [0.2, 0.25) is 0 Å². The van der Waals surface area contributed by atoms with Gasteiger partial charge in [0.1, 0.15) is 5.82 Å². The van der Waals surface area contributed by atoms with Crippen LogP contribution < -0.4 is 5.73 Å². The number of rotatable bonds is 3. The molecule has 0 aliphatic carbocycles. The molecule has 0 amide bonds. The Morgan fingerprint density at radius 1 is 0.509 bits per heavy atom. The van der Waals surface area contributed by atoms with Crippen molar-refractivity contribution in [2.45, 2.75) is 6.42 Å². The van der Waals surface area contributed by atoms with Gasteiger partial charge in [-0.3, -0.25) is 4.57 Å². The number of para-hydroxylation sites is 3. The summed E-state index contributed by atoms with van der Waals surface area (Å²) >= 11 is 0. The largest absolute Gasteiger partial charge is 0.398 e. The first-order valence-electron chi connectivity index (χ1n) is 18.2. The molecule has 248 valence electrons. The maximum Gasteiger partial charge on any atom is 0.142 e. The van der Waals surface area contributed by atoms with Crippen molar-refractivity contribution in [2.24, 2.45) is 0 Å². The van der Waals surface area contributed by atoms with E-state index in [1.165, 1.54) is 76.6 Å². The second kappa shape index (κ2) is 11.5. The molecule has 1 aliphatic heterocycles. The van der Waals surface area contributed by atoms with Crippen molar-refractivity contribution in [3.8, 4) is 27.9 Å². The fourth-order valence-corrected chi connectivity index (χ4v) is 8.69. The third kappa shape index (κ3) is 4.57. The first-order valence-corrected chi connectivity index (χ1v) is 18.2. The molecule has 0 atom stereocenters. The van der Waals surface area contributed by atoms with Gasteiger partial charge < -0.3 is 5.73 Å². The lowest BCUT2D eigenvalue weighted by Gasteiger charge is -2.23. The van der Waals surface area contributed by atoms with E-state index in [9.17, 15) is 0 Å². The molecule has 1 aliphatic rings. The van der Waals surface area contributed by atoms with E-state index in [1.54, 1.807) is 0 Å². The van der Waals surface area contributed by atoms with Crippen LogP contribution in [-0.2, 0) is 6.42 Å². The van der Waals surface area contributed by atoms with Crippen LogP contribution in [0, 0.1) is 0 Å². The van der Waals surface area contributed by atoms with Gasteiger partial charge in [0.2, 0.25) is 0 Å². The zero-order chi connectivity index (χ0) is 35.0. The van der Waals surface area contributed by atoms with Crippen LogP contribution in [0.15, 0.2) is 170 Å². The number of allylic oxidation sites excluding steroid dienone is 1. The van der Waals surface area contributed by atoms with Crippen molar-refractivity contribution in [3.05, 3.63) is 187 Å². The van der Waals surface area contributed by atoms with Gasteiger partial charge in [0.15, 0.2) is 0 Å². The van der Waals surface area contributed by atoms with Gasteiger partial charge in [-0.15, -0.1) is 0 Å². The van der Waals surface area contributed by atoms with E-state index in [0.717, 1.165) is 40.1 Å². The highest BCUT2D eigenvalue weighted by molar-refractivity contribution is 6.33. The van der Waals surface area contributed by atoms with E-state index in [1.807, 2.05) is 18.2 Å². The summed E-state index contributed by atoms with van der Waals surface area (Å²) in [6.45, 7) is 0. The first-order chi connectivity index (χ1) is 26.2. The molecule has 0 fully saturated rings. The standard InChI is InChI=1S/C50H33N3/c51-45-21-8-1-12-34(45)27-36-28-35-25-24-32(29-48(35)53-47-23-10-9-22-46(47)52-50(36)53)31-13-11-14-33(26-31)43-30-44-39-17-3-2-15-37(39)38-16-4-6-19-41(38)49(44)42-20-7-5-18-40(42)43/h1-27,29-30H,28,51H2/b36-27+. The van der Waals surface area contributed by atoms with Crippen molar-refractivity contribution < 1.29 is 0 Å². The Balaban J connectivity index is 1.09. The summed E-state index contributed by atoms with van der Waals surface area (Å²) in [7, 11) is 0. The zero-order valence-electron chi connectivity index (χ0n) is 28.9. The first kappa shape index (κ1) is 29.7. The predicted molar refractivity (Wildman–Crippen MR) is 224 cm³/mol. The van der Waals surface area contributed by atoms with Gasteiger partial charge in [-0.25, -0.2) is 4.98 Å².